The molecule has 2 aliphatic carbocycles. The maximum Gasteiger partial charge on any atom is 0.0397 e. The molecular weight excluding hydrogens is 485 g/mol. The van der Waals surface area contributed by atoms with Gasteiger partial charge in [0.15, 0.2) is 0 Å². The Kier molecular flexibility index (Phi) is 7.27. The molecule has 0 aromatic heterocycles. The van der Waals surface area contributed by atoms with Crippen molar-refractivity contribution in [3.8, 4) is 22.3 Å². The Morgan fingerprint density at radius 3 is 1.33 bits per heavy atom. The molecule has 0 fully saturated rings. The Morgan fingerprint density at radius 2 is 0.949 bits per heavy atom. The molecule has 0 N–H and O–H groups in total. The molecule has 0 bridgehead atoms. The number of aryl methyl sites for hydroxylation is 2. The molecule has 0 aliphatic heterocycles. The molecule has 4 aromatic carbocycles. The topological polar surface area (TPSA) is 0 Å². The van der Waals surface area contributed by atoms with Gasteiger partial charge in [-0.3, -0.25) is 0 Å². The minimum Gasteiger partial charge on any atom is -0.0626 e. The Balaban J connectivity index is 1.23. The highest BCUT2D eigenvalue weighted by Crippen LogP contribution is 2.47. The zero-order valence-corrected chi connectivity index (χ0v) is 24.7. The van der Waals surface area contributed by atoms with Gasteiger partial charge in [0.05, 0.1) is 0 Å². The number of allylic oxidation sites excluding steroid dienone is 2. The van der Waals surface area contributed by atoms with Gasteiger partial charge in [-0.2, -0.15) is 0 Å². The van der Waals surface area contributed by atoms with Gasteiger partial charge in [-0.15, -0.1) is 0 Å². The van der Waals surface area contributed by atoms with Crippen molar-refractivity contribution >= 4 is 21.7 Å². The van der Waals surface area contributed by atoms with E-state index in [1.807, 2.05) is 0 Å². The molecule has 0 nitrogen and oxygen atoms in total. The van der Waals surface area contributed by atoms with Crippen molar-refractivity contribution < 1.29 is 0 Å². The first-order chi connectivity index (χ1) is 19.1. The van der Waals surface area contributed by atoms with Crippen LogP contribution in [0.1, 0.15) is 71.9 Å². The number of fused-ring (bicyclic) bond motifs is 2. The fourth-order valence-corrected chi connectivity index (χ4v) is 8.30. The van der Waals surface area contributed by atoms with Crippen LogP contribution < -0.4 is 0 Å². The molecule has 6 rings (SSSR count). The highest BCUT2D eigenvalue weighted by atomic mass is 28.2. The summed E-state index contributed by atoms with van der Waals surface area (Å²) in [4.78, 5) is 0. The average Bonchev–Trinajstić information content (AvgIpc) is 3.52. The molecule has 0 amide bonds. The third-order valence-electron chi connectivity index (χ3n) is 8.82. The smallest absolute Gasteiger partial charge is 0.0397 e. The summed E-state index contributed by atoms with van der Waals surface area (Å²) in [5.41, 5.74) is 17.3. The maximum atomic E-state index is 2.51. The molecule has 2 unspecified atom stereocenters. The predicted molar refractivity (Wildman–Crippen MR) is 171 cm³/mol. The fourth-order valence-electron chi connectivity index (χ4n) is 6.59. The van der Waals surface area contributed by atoms with E-state index in [-0.39, 0.29) is 0 Å². The van der Waals surface area contributed by atoms with E-state index in [0.717, 1.165) is 22.4 Å². The first-order valence-corrected chi connectivity index (χ1v) is 16.0. The number of rotatable bonds is 8. The highest BCUT2D eigenvalue weighted by Gasteiger charge is 2.29. The van der Waals surface area contributed by atoms with Gasteiger partial charge in [0, 0.05) is 21.4 Å². The molecule has 2 radical (unpaired) electrons. The summed E-state index contributed by atoms with van der Waals surface area (Å²) < 4.78 is 0. The van der Waals surface area contributed by atoms with Crippen LogP contribution in [0.15, 0.2) is 96.1 Å². The molecule has 2 aliphatic rings. The second-order valence-electron chi connectivity index (χ2n) is 11.3. The van der Waals surface area contributed by atoms with E-state index in [2.05, 4.69) is 125 Å². The average molecular weight is 523 g/mol. The number of hydrogen-bond acceptors (Lipinski definition) is 0. The van der Waals surface area contributed by atoms with Crippen molar-refractivity contribution in [2.75, 3.05) is 0 Å². The summed E-state index contributed by atoms with van der Waals surface area (Å²) in [6.07, 6.45) is 7.28. The van der Waals surface area contributed by atoms with Gasteiger partial charge in [-0.05, 0) is 71.2 Å². The third-order valence-corrected chi connectivity index (χ3v) is 10.2. The molecule has 0 spiro atoms. The van der Waals surface area contributed by atoms with Crippen LogP contribution in [0.4, 0.5) is 0 Å². The van der Waals surface area contributed by atoms with E-state index in [9.17, 15) is 0 Å². The van der Waals surface area contributed by atoms with Gasteiger partial charge < -0.3 is 0 Å². The summed E-state index contributed by atoms with van der Waals surface area (Å²) in [6, 6.07) is 34.5. The van der Waals surface area contributed by atoms with Gasteiger partial charge in [-0.25, -0.2) is 0 Å². The van der Waals surface area contributed by atoms with Crippen molar-refractivity contribution in [3.05, 3.63) is 129 Å². The fraction of sp³-hybridized carbons (Fsp3) is 0.263. The van der Waals surface area contributed by atoms with E-state index in [4.69, 9.17) is 0 Å². The molecule has 194 valence electrons. The lowest BCUT2D eigenvalue weighted by atomic mass is 9.92. The summed E-state index contributed by atoms with van der Waals surface area (Å²) >= 11 is 0. The summed E-state index contributed by atoms with van der Waals surface area (Å²) in [5, 5.41) is 0. The lowest BCUT2D eigenvalue weighted by Crippen LogP contribution is -2.08. The molecule has 0 saturated carbocycles. The Morgan fingerprint density at radius 1 is 0.538 bits per heavy atom. The SMILES string of the molecule is CCC1=Cc2c(-c3ccc(C)cc3)cccc2C1C[Si]CC1C(CC)=Cc2c(-c3ccc(C)cc3)cccc21. The zero-order chi connectivity index (χ0) is 26.9. The number of benzene rings is 4. The second kappa shape index (κ2) is 11.0. The largest absolute Gasteiger partial charge is 0.0626 e. The lowest BCUT2D eigenvalue weighted by Gasteiger charge is -2.20. The summed E-state index contributed by atoms with van der Waals surface area (Å²) in [6.45, 7) is 8.99. The minimum absolute atomic E-state index is 0.558. The zero-order valence-electron chi connectivity index (χ0n) is 23.7. The molecule has 2 atom stereocenters. The van der Waals surface area contributed by atoms with E-state index >= 15 is 0 Å². The van der Waals surface area contributed by atoms with E-state index in [1.54, 1.807) is 11.1 Å². The Hall–Kier alpha value is -3.42. The van der Waals surface area contributed by atoms with Crippen molar-refractivity contribution in [3.63, 3.8) is 0 Å². The first-order valence-electron chi connectivity index (χ1n) is 14.6. The van der Waals surface area contributed by atoms with Crippen LogP contribution in [0.3, 0.4) is 0 Å². The maximum absolute atomic E-state index is 2.51. The van der Waals surface area contributed by atoms with Gasteiger partial charge in [-0.1, -0.05) is 145 Å². The summed E-state index contributed by atoms with van der Waals surface area (Å²) in [5.74, 6) is 1.12. The second-order valence-corrected chi connectivity index (χ2v) is 12.6. The highest BCUT2D eigenvalue weighted by molar-refractivity contribution is 6.36. The lowest BCUT2D eigenvalue weighted by molar-refractivity contribution is 0.830. The quantitative estimate of drug-likeness (QED) is 0.202. The van der Waals surface area contributed by atoms with Crippen LogP contribution in [0, 0.1) is 13.8 Å². The van der Waals surface area contributed by atoms with Crippen molar-refractivity contribution in [1.82, 2.24) is 0 Å². The van der Waals surface area contributed by atoms with Crippen LogP contribution in [-0.4, -0.2) is 9.52 Å². The predicted octanol–water partition coefficient (Wildman–Crippen LogP) is 10.7. The van der Waals surface area contributed by atoms with Gasteiger partial charge >= 0.3 is 0 Å². The molecule has 4 aromatic rings. The Bertz CT molecular complexity index is 1430. The monoisotopic (exact) mass is 522 g/mol. The number of hydrogen-bond donors (Lipinski definition) is 0. The molecular formula is C38H38Si. The normalized spacial score (nSPS) is 17.5. The minimum atomic E-state index is 0.558. The van der Waals surface area contributed by atoms with Crippen LogP contribution >= 0.6 is 0 Å². The van der Waals surface area contributed by atoms with E-state index < -0.39 is 0 Å². The first kappa shape index (κ1) is 25.8. The van der Waals surface area contributed by atoms with Crippen molar-refractivity contribution in [2.45, 2.75) is 64.5 Å². The van der Waals surface area contributed by atoms with Gasteiger partial charge in [0.2, 0.25) is 0 Å². The third kappa shape index (κ3) is 4.90. The Labute approximate surface area is 237 Å². The molecule has 39 heavy (non-hydrogen) atoms. The van der Waals surface area contributed by atoms with E-state index in [1.165, 1.54) is 67.7 Å². The standard InChI is InChI=1S/C38H38Si/c1-5-27-21-35-31(29-17-13-25(3)14-18-29)9-7-11-33(35)37(27)23-39-24-38-28(6-2)22-36-32(10-8-12-34(36)38)30-19-15-26(4)16-20-30/h7-22,37-38H,5-6,23-24H2,1-4H3. The molecule has 0 heterocycles. The molecule has 1 heteroatoms. The van der Waals surface area contributed by atoms with Crippen LogP contribution in [0.25, 0.3) is 34.4 Å². The van der Waals surface area contributed by atoms with Gasteiger partial charge in [0.25, 0.3) is 0 Å². The van der Waals surface area contributed by atoms with E-state index in [0.29, 0.717) is 11.8 Å². The van der Waals surface area contributed by atoms with Crippen LogP contribution in [-0.2, 0) is 0 Å². The summed E-state index contributed by atoms with van der Waals surface area (Å²) in [7, 11) is 0.944. The van der Waals surface area contributed by atoms with Crippen LogP contribution in [0.5, 0.6) is 0 Å². The van der Waals surface area contributed by atoms with Crippen molar-refractivity contribution in [1.29, 1.82) is 0 Å². The van der Waals surface area contributed by atoms with Gasteiger partial charge in [0.1, 0.15) is 0 Å². The van der Waals surface area contributed by atoms with Crippen molar-refractivity contribution in [2.24, 2.45) is 0 Å². The van der Waals surface area contributed by atoms with Crippen LogP contribution in [0.2, 0.25) is 12.1 Å². The molecule has 0 saturated heterocycles.